The van der Waals surface area contributed by atoms with Gasteiger partial charge in [0.25, 0.3) is 0 Å². The summed E-state index contributed by atoms with van der Waals surface area (Å²) in [5, 5.41) is 6.50. The van der Waals surface area contributed by atoms with Gasteiger partial charge in [0.05, 0.1) is 4.90 Å². The van der Waals surface area contributed by atoms with Crippen LogP contribution in [0.1, 0.15) is 26.5 Å². The Morgan fingerprint density at radius 2 is 1.95 bits per heavy atom. The highest BCUT2D eigenvalue weighted by Crippen LogP contribution is 2.35. The number of anilines is 1. The number of amides is 1. The summed E-state index contributed by atoms with van der Waals surface area (Å²) in [6.45, 7) is 7.22. The number of nitrogens with one attached hydrogen (secondary N) is 1. The van der Waals surface area contributed by atoms with Crippen molar-refractivity contribution in [3.8, 4) is 0 Å². The first kappa shape index (κ1) is 15.4. The Bertz CT molecular complexity index is 618. The minimum atomic E-state index is -0.560. The second kappa shape index (κ2) is 6.22. The Morgan fingerprint density at radius 1 is 1.29 bits per heavy atom. The van der Waals surface area contributed by atoms with Gasteiger partial charge in [-0.3, -0.25) is 5.32 Å². The molecule has 1 aromatic carbocycles. The lowest BCUT2D eigenvalue weighted by Crippen LogP contribution is -2.27. The van der Waals surface area contributed by atoms with Crippen LogP contribution in [0.15, 0.2) is 44.6 Å². The number of aryl methyl sites for hydroxylation is 1. The Balaban J connectivity index is 2.13. The number of hydrogen-bond donors (Lipinski definition) is 1. The van der Waals surface area contributed by atoms with Gasteiger partial charge in [-0.2, -0.15) is 0 Å². The van der Waals surface area contributed by atoms with Gasteiger partial charge in [0, 0.05) is 4.90 Å². The maximum Gasteiger partial charge on any atom is 0.413 e. The summed E-state index contributed by atoms with van der Waals surface area (Å²) in [5.74, 6) is 1.02. The zero-order valence-electron chi connectivity index (χ0n) is 12.5. The molecule has 0 aliphatic carbocycles. The molecule has 0 aliphatic heterocycles. The van der Waals surface area contributed by atoms with Crippen LogP contribution in [0, 0.1) is 6.92 Å². The molecule has 0 saturated heterocycles. The van der Waals surface area contributed by atoms with Gasteiger partial charge in [0.1, 0.15) is 11.4 Å². The molecule has 112 valence electrons. The minimum Gasteiger partial charge on any atom is -0.444 e. The molecule has 1 amide bonds. The van der Waals surface area contributed by atoms with E-state index in [0.717, 1.165) is 9.79 Å². The minimum absolute atomic E-state index is 0.371. The van der Waals surface area contributed by atoms with Crippen molar-refractivity contribution in [2.45, 2.75) is 43.1 Å². The van der Waals surface area contributed by atoms with Gasteiger partial charge in [-0.25, -0.2) is 4.79 Å². The third kappa shape index (κ3) is 4.53. The fourth-order valence-corrected chi connectivity index (χ4v) is 2.47. The number of hydrogen-bond acceptors (Lipinski definition) is 5. The number of rotatable bonds is 3. The number of aromatic nitrogens is 1. The van der Waals surface area contributed by atoms with E-state index in [9.17, 15) is 4.79 Å². The maximum absolute atomic E-state index is 11.8. The highest BCUT2D eigenvalue weighted by Gasteiger charge is 2.21. The number of carbonyl (C=O) groups is 1. The van der Waals surface area contributed by atoms with E-state index in [2.05, 4.69) is 10.5 Å². The van der Waals surface area contributed by atoms with Crippen LogP contribution in [0.4, 0.5) is 10.6 Å². The molecule has 21 heavy (non-hydrogen) atoms. The predicted molar refractivity (Wildman–Crippen MR) is 81.7 cm³/mol. The number of nitrogens with zero attached hydrogens (tertiary/aromatic N) is 1. The largest absolute Gasteiger partial charge is 0.444 e. The van der Waals surface area contributed by atoms with Crippen LogP contribution in [-0.2, 0) is 4.74 Å². The van der Waals surface area contributed by atoms with Crippen molar-refractivity contribution in [3.05, 3.63) is 36.1 Å². The van der Waals surface area contributed by atoms with Crippen LogP contribution in [0.2, 0.25) is 0 Å². The third-order valence-electron chi connectivity index (χ3n) is 2.39. The zero-order valence-corrected chi connectivity index (χ0v) is 13.3. The summed E-state index contributed by atoms with van der Waals surface area (Å²) in [5.41, 5.74) is -0.560. The van der Waals surface area contributed by atoms with Gasteiger partial charge in [-0.15, -0.1) is 0 Å². The lowest BCUT2D eigenvalue weighted by atomic mass is 10.2. The number of ether oxygens (including phenoxy) is 1. The molecule has 0 unspecified atom stereocenters. The molecular weight excluding hydrogens is 288 g/mol. The molecule has 0 aliphatic rings. The molecule has 0 saturated carbocycles. The van der Waals surface area contributed by atoms with Crippen molar-refractivity contribution in [2.75, 3.05) is 5.32 Å². The fraction of sp³-hybridized carbons (Fsp3) is 0.333. The van der Waals surface area contributed by atoms with Gasteiger partial charge in [-0.1, -0.05) is 35.1 Å². The van der Waals surface area contributed by atoms with E-state index in [1.165, 1.54) is 11.8 Å². The molecule has 2 rings (SSSR count). The molecule has 6 heteroatoms. The highest BCUT2D eigenvalue weighted by molar-refractivity contribution is 7.99. The maximum atomic E-state index is 11.8. The van der Waals surface area contributed by atoms with E-state index in [4.69, 9.17) is 9.26 Å². The molecule has 0 radical (unpaired) electrons. The van der Waals surface area contributed by atoms with E-state index in [1.807, 2.05) is 30.3 Å². The second-order valence-electron chi connectivity index (χ2n) is 5.46. The van der Waals surface area contributed by atoms with Gasteiger partial charge < -0.3 is 9.26 Å². The molecule has 2 aromatic rings. The molecule has 5 nitrogen and oxygen atoms in total. The molecule has 0 spiro atoms. The van der Waals surface area contributed by atoms with E-state index >= 15 is 0 Å². The summed E-state index contributed by atoms with van der Waals surface area (Å²) in [4.78, 5) is 13.6. The van der Waals surface area contributed by atoms with E-state index in [1.54, 1.807) is 27.7 Å². The molecule has 0 bridgehead atoms. The first-order chi connectivity index (χ1) is 9.85. The molecule has 0 atom stereocenters. The number of benzene rings is 1. The standard InChI is InChI=1S/C15H18N2O3S/c1-10-12(21-11-8-6-5-7-9-11)13(17-20-10)16-14(18)19-15(2,3)4/h5-9H,1-4H3,(H,16,17,18). The Morgan fingerprint density at radius 3 is 2.57 bits per heavy atom. The normalized spacial score (nSPS) is 11.2. The first-order valence-electron chi connectivity index (χ1n) is 6.54. The predicted octanol–water partition coefficient (Wildman–Crippen LogP) is 4.48. The average Bonchev–Trinajstić information content (AvgIpc) is 2.70. The summed E-state index contributed by atoms with van der Waals surface area (Å²) >= 11 is 1.48. The van der Waals surface area contributed by atoms with E-state index in [0.29, 0.717) is 11.6 Å². The summed E-state index contributed by atoms with van der Waals surface area (Å²) in [7, 11) is 0. The first-order valence-corrected chi connectivity index (χ1v) is 7.36. The van der Waals surface area contributed by atoms with Gasteiger partial charge in [-0.05, 0) is 39.8 Å². The second-order valence-corrected chi connectivity index (χ2v) is 6.54. The van der Waals surface area contributed by atoms with Crippen LogP contribution in [0.3, 0.4) is 0 Å². The molecule has 0 fully saturated rings. The fourth-order valence-electron chi connectivity index (χ4n) is 1.57. The van der Waals surface area contributed by atoms with Crippen LogP contribution in [0.25, 0.3) is 0 Å². The highest BCUT2D eigenvalue weighted by atomic mass is 32.2. The van der Waals surface area contributed by atoms with Crippen molar-refractivity contribution in [2.24, 2.45) is 0 Å². The van der Waals surface area contributed by atoms with Crippen molar-refractivity contribution >= 4 is 23.7 Å². The Kier molecular flexibility index (Phi) is 4.57. The van der Waals surface area contributed by atoms with E-state index < -0.39 is 11.7 Å². The Hall–Kier alpha value is -1.95. The van der Waals surface area contributed by atoms with Gasteiger partial charge >= 0.3 is 6.09 Å². The SMILES string of the molecule is Cc1onc(NC(=O)OC(C)(C)C)c1Sc1ccccc1. The topological polar surface area (TPSA) is 64.4 Å². The third-order valence-corrected chi connectivity index (χ3v) is 3.58. The quantitative estimate of drug-likeness (QED) is 0.905. The lowest BCUT2D eigenvalue weighted by molar-refractivity contribution is 0.0634. The molecule has 1 N–H and O–H groups in total. The van der Waals surface area contributed by atoms with Crippen molar-refractivity contribution < 1.29 is 14.1 Å². The summed E-state index contributed by atoms with van der Waals surface area (Å²) in [6.07, 6.45) is -0.550. The van der Waals surface area contributed by atoms with Crippen LogP contribution >= 0.6 is 11.8 Å². The zero-order chi connectivity index (χ0) is 15.5. The molecule has 1 heterocycles. The van der Waals surface area contributed by atoms with Crippen LogP contribution in [0.5, 0.6) is 0 Å². The monoisotopic (exact) mass is 306 g/mol. The van der Waals surface area contributed by atoms with Crippen molar-refractivity contribution in [1.29, 1.82) is 0 Å². The van der Waals surface area contributed by atoms with Crippen LogP contribution in [-0.4, -0.2) is 16.9 Å². The Labute approximate surface area is 128 Å². The molecule has 1 aromatic heterocycles. The van der Waals surface area contributed by atoms with Crippen LogP contribution < -0.4 is 5.32 Å². The number of carbonyl (C=O) groups excluding carboxylic acids is 1. The molecular formula is C15H18N2O3S. The average molecular weight is 306 g/mol. The smallest absolute Gasteiger partial charge is 0.413 e. The van der Waals surface area contributed by atoms with E-state index in [-0.39, 0.29) is 0 Å². The van der Waals surface area contributed by atoms with Crippen molar-refractivity contribution in [3.63, 3.8) is 0 Å². The summed E-state index contributed by atoms with van der Waals surface area (Å²) < 4.78 is 10.4. The summed E-state index contributed by atoms with van der Waals surface area (Å²) in [6, 6.07) is 9.81. The lowest BCUT2D eigenvalue weighted by Gasteiger charge is -2.19. The van der Waals surface area contributed by atoms with Crippen molar-refractivity contribution in [1.82, 2.24) is 5.16 Å². The van der Waals surface area contributed by atoms with Gasteiger partial charge in [0.15, 0.2) is 5.82 Å². The van der Waals surface area contributed by atoms with Gasteiger partial charge in [0.2, 0.25) is 0 Å².